The van der Waals surface area contributed by atoms with E-state index in [0.29, 0.717) is 18.0 Å². The zero-order valence-corrected chi connectivity index (χ0v) is 14.2. The normalized spacial score (nSPS) is 12.5. The van der Waals surface area contributed by atoms with Gasteiger partial charge in [0, 0.05) is 29.7 Å². The van der Waals surface area contributed by atoms with Crippen molar-refractivity contribution in [2.24, 2.45) is 0 Å². The van der Waals surface area contributed by atoms with Crippen molar-refractivity contribution in [2.75, 3.05) is 18.6 Å². The van der Waals surface area contributed by atoms with Crippen LogP contribution in [0.1, 0.15) is 12.8 Å². The number of benzene rings is 1. The molecule has 120 valence electrons. The van der Waals surface area contributed by atoms with Gasteiger partial charge in [-0.05, 0) is 42.0 Å². The fourth-order valence-electron chi connectivity index (χ4n) is 2.34. The summed E-state index contributed by atoms with van der Waals surface area (Å²) in [5.41, 5.74) is 1.03. The SMILES string of the molecule is CSCC[C@H](CO)NC(=O)CCn1ccc2ccc(Cl)cc21. The summed E-state index contributed by atoms with van der Waals surface area (Å²) >= 11 is 7.73. The number of nitrogens with one attached hydrogen (secondary N) is 1. The van der Waals surface area contributed by atoms with E-state index < -0.39 is 0 Å². The van der Waals surface area contributed by atoms with Crippen LogP contribution in [0.2, 0.25) is 5.02 Å². The molecule has 1 heterocycles. The van der Waals surface area contributed by atoms with E-state index in [9.17, 15) is 9.90 Å². The lowest BCUT2D eigenvalue weighted by molar-refractivity contribution is -0.122. The third-order valence-electron chi connectivity index (χ3n) is 3.57. The van der Waals surface area contributed by atoms with Crippen LogP contribution in [0, 0.1) is 0 Å². The average Bonchev–Trinajstić information content (AvgIpc) is 2.91. The molecule has 2 aromatic rings. The Morgan fingerprint density at radius 2 is 2.27 bits per heavy atom. The molecule has 0 saturated heterocycles. The topological polar surface area (TPSA) is 54.3 Å². The van der Waals surface area contributed by atoms with Crippen molar-refractivity contribution < 1.29 is 9.90 Å². The maximum Gasteiger partial charge on any atom is 0.222 e. The van der Waals surface area contributed by atoms with Gasteiger partial charge < -0.3 is 15.0 Å². The number of aliphatic hydroxyl groups excluding tert-OH is 1. The summed E-state index contributed by atoms with van der Waals surface area (Å²) in [6.07, 6.45) is 5.14. The van der Waals surface area contributed by atoms with Gasteiger partial charge in [-0.15, -0.1) is 0 Å². The average molecular weight is 341 g/mol. The molecule has 0 fully saturated rings. The van der Waals surface area contributed by atoms with Gasteiger partial charge >= 0.3 is 0 Å². The van der Waals surface area contributed by atoms with E-state index in [-0.39, 0.29) is 18.6 Å². The summed E-state index contributed by atoms with van der Waals surface area (Å²) < 4.78 is 2.02. The molecule has 6 heteroatoms. The highest BCUT2D eigenvalue weighted by Crippen LogP contribution is 2.20. The zero-order chi connectivity index (χ0) is 15.9. The first-order valence-electron chi connectivity index (χ1n) is 7.27. The molecule has 2 N–H and O–H groups in total. The molecule has 1 amide bonds. The predicted molar refractivity (Wildman–Crippen MR) is 93.6 cm³/mol. The smallest absolute Gasteiger partial charge is 0.222 e. The van der Waals surface area contributed by atoms with E-state index in [1.165, 1.54) is 0 Å². The standard InChI is InChI=1S/C16H21ClN2O2S/c1-22-9-6-14(11-20)18-16(21)5-8-19-7-4-12-2-3-13(17)10-15(12)19/h2-4,7,10,14,20H,5-6,8-9,11H2,1H3,(H,18,21)/t14-/m1/s1. The fourth-order valence-corrected chi connectivity index (χ4v) is 3.03. The van der Waals surface area contributed by atoms with Gasteiger partial charge in [0.05, 0.1) is 12.6 Å². The molecule has 0 radical (unpaired) electrons. The highest BCUT2D eigenvalue weighted by Gasteiger charge is 2.11. The third-order valence-corrected chi connectivity index (χ3v) is 4.45. The Morgan fingerprint density at radius 3 is 3.00 bits per heavy atom. The number of amides is 1. The largest absolute Gasteiger partial charge is 0.394 e. The van der Waals surface area contributed by atoms with E-state index in [0.717, 1.165) is 23.1 Å². The van der Waals surface area contributed by atoms with Gasteiger partial charge in [0.15, 0.2) is 0 Å². The fraction of sp³-hybridized carbons (Fsp3) is 0.438. The molecule has 0 spiro atoms. The van der Waals surface area contributed by atoms with Gasteiger partial charge in [0.25, 0.3) is 0 Å². The minimum Gasteiger partial charge on any atom is -0.394 e. The van der Waals surface area contributed by atoms with Gasteiger partial charge in [0.1, 0.15) is 0 Å². The molecule has 1 aromatic heterocycles. The number of fused-ring (bicyclic) bond motifs is 1. The number of aliphatic hydroxyl groups is 1. The Labute approximate surface area is 139 Å². The molecule has 1 aromatic carbocycles. The van der Waals surface area contributed by atoms with Crippen LogP contribution in [0.3, 0.4) is 0 Å². The minimum atomic E-state index is -0.157. The Hall–Kier alpha value is -1.17. The Bertz CT molecular complexity index is 630. The third kappa shape index (κ3) is 4.66. The van der Waals surface area contributed by atoms with Gasteiger partial charge in [-0.25, -0.2) is 0 Å². The highest BCUT2D eigenvalue weighted by atomic mass is 35.5. The molecule has 0 aliphatic carbocycles. The first-order chi connectivity index (χ1) is 10.6. The van der Waals surface area contributed by atoms with Crippen LogP contribution in [0.15, 0.2) is 30.5 Å². The van der Waals surface area contributed by atoms with Crippen LogP contribution in [0.25, 0.3) is 10.9 Å². The predicted octanol–water partition coefficient (Wildman–Crippen LogP) is 2.92. The summed E-state index contributed by atoms with van der Waals surface area (Å²) in [6, 6.07) is 7.59. The number of carbonyl (C=O) groups is 1. The van der Waals surface area contributed by atoms with E-state index in [4.69, 9.17) is 11.6 Å². The van der Waals surface area contributed by atoms with E-state index >= 15 is 0 Å². The number of aromatic nitrogens is 1. The quantitative estimate of drug-likeness (QED) is 0.777. The lowest BCUT2D eigenvalue weighted by atomic mass is 10.2. The molecular weight excluding hydrogens is 320 g/mol. The van der Waals surface area contributed by atoms with E-state index in [1.54, 1.807) is 11.8 Å². The second kappa shape index (κ2) is 8.46. The van der Waals surface area contributed by atoms with Crippen LogP contribution >= 0.6 is 23.4 Å². The number of aryl methyl sites for hydroxylation is 1. The summed E-state index contributed by atoms with van der Waals surface area (Å²) in [5, 5.41) is 14.0. The molecule has 0 unspecified atom stereocenters. The molecule has 22 heavy (non-hydrogen) atoms. The summed E-state index contributed by atoms with van der Waals surface area (Å²) in [4.78, 5) is 12.0. The molecule has 4 nitrogen and oxygen atoms in total. The van der Waals surface area contributed by atoms with Crippen molar-refractivity contribution in [3.05, 3.63) is 35.5 Å². The zero-order valence-electron chi connectivity index (χ0n) is 12.6. The molecular formula is C16H21ClN2O2S. The second-order valence-electron chi connectivity index (χ2n) is 5.19. The van der Waals surface area contributed by atoms with Crippen molar-refractivity contribution in [3.63, 3.8) is 0 Å². The minimum absolute atomic E-state index is 0.0195. The Balaban J connectivity index is 1.91. The van der Waals surface area contributed by atoms with E-state index in [2.05, 4.69) is 5.32 Å². The molecule has 0 aliphatic heterocycles. The lowest BCUT2D eigenvalue weighted by Crippen LogP contribution is -2.38. The Morgan fingerprint density at radius 1 is 1.45 bits per heavy atom. The van der Waals surface area contributed by atoms with Crippen LogP contribution in [0.4, 0.5) is 0 Å². The van der Waals surface area contributed by atoms with Crippen LogP contribution in [0.5, 0.6) is 0 Å². The molecule has 2 rings (SSSR count). The van der Waals surface area contributed by atoms with Crippen LogP contribution in [-0.2, 0) is 11.3 Å². The number of carbonyl (C=O) groups excluding carboxylic acids is 1. The summed E-state index contributed by atoms with van der Waals surface area (Å²) in [6.45, 7) is 0.574. The number of rotatable bonds is 8. The first-order valence-corrected chi connectivity index (χ1v) is 9.04. The molecule has 1 atom stereocenters. The number of hydrogen-bond donors (Lipinski definition) is 2. The number of hydrogen-bond acceptors (Lipinski definition) is 3. The lowest BCUT2D eigenvalue weighted by Gasteiger charge is -2.16. The van der Waals surface area contributed by atoms with Crippen LogP contribution < -0.4 is 5.32 Å². The van der Waals surface area contributed by atoms with Crippen LogP contribution in [-0.4, -0.2) is 40.2 Å². The number of nitrogens with zero attached hydrogens (tertiary/aromatic N) is 1. The maximum absolute atomic E-state index is 12.0. The van der Waals surface area contributed by atoms with Crippen molar-refractivity contribution in [1.82, 2.24) is 9.88 Å². The highest BCUT2D eigenvalue weighted by molar-refractivity contribution is 7.98. The van der Waals surface area contributed by atoms with E-state index in [1.807, 2.05) is 41.3 Å². The summed E-state index contributed by atoms with van der Waals surface area (Å²) in [7, 11) is 0. The first kappa shape index (κ1) is 17.2. The Kier molecular flexibility index (Phi) is 6.61. The number of thioether (sulfide) groups is 1. The van der Waals surface area contributed by atoms with Gasteiger partial charge in [0.2, 0.25) is 5.91 Å². The van der Waals surface area contributed by atoms with Gasteiger partial charge in [-0.3, -0.25) is 4.79 Å². The molecule has 0 saturated carbocycles. The second-order valence-corrected chi connectivity index (χ2v) is 6.61. The van der Waals surface area contributed by atoms with Crippen molar-refractivity contribution >= 4 is 40.2 Å². The monoisotopic (exact) mass is 340 g/mol. The van der Waals surface area contributed by atoms with Gasteiger partial charge in [-0.2, -0.15) is 11.8 Å². The van der Waals surface area contributed by atoms with Crippen molar-refractivity contribution in [2.45, 2.75) is 25.4 Å². The van der Waals surface area contributed by atoms with Gasteiger partial charge in [-0.1, -0.05) is 17.7 Å². The van der Waals surface area contributed by atoms with Crippen molar-refractivity contribution in [1.29, 1.82) is 0 Å². The maximum atomic E-state index is 12.0. The number of halogens is 1. The molecule has 0 bridgehead atoms. The van der Waals surface area contributed by atoms with Crippen molar-refractivity contribution in [3.8, 4) is 0 Å². The molecule has 0 aliphatic rings. The summed E-state index contributed by atoms with van der Waals surface area (Å²) in [5.74, 6) is 0.885.